The van der Waals surface area contributed by atoms with E-state index in [2.05, 4.69) is 30.6 Å². The Balaban J connectivity index is 1.67. The van der Waals surface area contributed by atoms with Crippen LogP contribution < -0.4 is 15.4 Å². The molecule has 140 valence electrons. The summed E-state index contributed by atoms with van der Waals surface area (Å²) in [5, 5.41) is 6.17. The molecule has 2 aromatic heterocycles. The van der Waals surface area contributed by atoms with Crippen molar-refractivity contribution in [2.75, 3.05) is 24.8 Å². The summed E-state index contributed by atoms with van der Waals surface area (Å²) in [4.78, 5) is 17.3. The number of nitrogens with zero attached hydrogens (tertiary/aromatic N) is 4. The fraction of sp³-hybridized carbons (Fsp3) is 0.100. The van der Waals surface area contributed by atoms with Crippen LogP contribution >= 0.6 is 0 Å². The predicted octanol–water partition coefficient (Wildman–Crippen LogP) is 3.99. The summed E-state index contributed by atoms with van der Waals surface area (Å²) in [7, 11) is 3.37. The maximum absolute atomic E-state index is 5.49. The van der Waals surface area contributed by atoms with Crippen LogP contribution in [0, 0.1) is 0 Å². The number of nitrogens with one attached hydrogen (secondary N) is 2. The van der Waals surface area contributed by atoms with Crippen molar-refractivity contribution in [1.82, 2.24) is 19.9 Å². The van der Waals surface area contributed by atoms with E-state index in [0.29, 0.717) is 29.2 Å². The van der Waals surface area contributed by atoms with E-state index < -0.39 is 0 Å². The Morgan fingerprint density at radius 1 is 0.964 bits per heavy atom. The lowest BCUT2D eigenvalue weighted by Gasteiger charge is -2.11. The molecule has 0 radical (unpaired) electrons. The molecule has 2 aromatic carbocycles. The van der Waals surface area contributed by atoms with Gasteiger partial charge in [0.15, 0.2) is 18.0 Å². The van der Waals surface area contributed by atoms with Crippen LogP contribution in [0.25, 0.3) is 22.7 Å². The minimum Gasteiger partial charge on any atom is -0.496 e. The number of methoxy groups -OCH3 is 1. The fourth-order valence-electron chi connectivity index (χ4n) is 2.71. The van der Waals surface area contributed by atoms with E-state index in [1.807, 2.05) is 48.5 Å². The third-order valence-corrected chi connectivity index (χ3v) is 4.05. The van der Waals surface area contributed by atoms with Crippen molar-refractivity contribution in [3.05, 3.63) is 61.1 Å². The summed E-state index contributed by atoms with van der Waals surface area (Å²) in [6.07, 6.45) is 3.03. The van der Waals surface area contributed by atoms with Crippen LogP contribution in [-0.4, -0.2) is 34.1 Å². The second kappa shape index (κ2) is 7.75. The SMILES string of the molecule is CNc1nc(Nc2ccc(-c3cnco3)c(OC)c2)nc(-c2ccccc2)n1. The number of ether oxygens (including phenoxy) is 1. The predicted molar refractivity (Wildman–Crippen MR) is 107 cm³/mol. The number of oxazole rings is 1. The third-order valence-electron chi connectivity index (χ3n) is 4.05. The van der Waals surface area contributed by atoms with Crippen molar-refractivity contribution in [2.45, 2.75) is 0 Å². The van der Waals surface area contributed by atoms with Gasteiger partial charge >= 0.3 is 0 Å². The van der Waals surface area contributed by atoms with Crippen LogP contribution in [0.3, 0.4) is 0 Å². The van der Waals surface area contributed by atoms with Crippen LogP contribution in [-0.2, 0) is 0 Å². The first kappa shape index (κ1) is 17.5. The molecule has 0 bridgehead atoms. The number of rotatable bonds is 6. The lowest BCUT2D eigenvalue weighted by atomic mass is 10.1. The fourth-order valence-corrected chi connectivity index (χ4v) is 2.71. The maximum Gasteiger partial charge on any atom is 0.232 e. The minimum absolute atomic E-state index is 0.424. The van der Waals surface area contributed by atoms with Gasteiger partial charge in [-0.3, -0.25) is 0 Å². The minimum atomic E-state index is 0.424. The van der Waals surface area contributed by atoms with E-state index in [9.17, 15) is 0 Å². The summed E-state index contributed by atoms with van der Waals surface area (Å²) in [5.41, 5.74) is 2.48. The lowest BCUT2D eigenvalue weighted by molar-refractivity contribution is 0.415. The average molecular weight is 374 g/mol. The Labute approximate surface area is 161 Å². The largest absolute Gasteiger partial charge is 0.496 e. The monoisotopic (exact) mass is 374 g/mol. The zero-order valence-electron chi connectivity index (χ0n) is 15.4. The Hall–Kier alpha value is -3.94. The molecule has 28 heavy (non-hydrogen) atoms. The standard InChI is InChI=1S/C20H18N6O2/c1-21-19-24-18(13-6-4-3-5-7-13)25-20(26-19)23-14-8-9-15(16(10-14)27-2)17-11-22-12-28-17/h3-12H,1-2H3,(H2,21,23,24,25,26). The van der Waals surface area contributed by atoms with Crippen LogP contribution in [0.1, 0.15) is 0 Å². The molecule has 0 fully saturated rings. The van der Waals surface area contributed by atoms with Crippen LogP contribution in [0.5, 0.6) is 5.75 Å². The third kappa shape index (κ3) is 3.61. The van der Waals surface area contributed by atoms with Gasteiger partial charge in [-0.15, -0.1) is 0 Å². The molecular formula is C20H18N6O2. The van der Waals surface area contributed by atoms with Gasteiger partial charge in [-0.05, 0) is 12.1 Å². The summed E-state index contributed by atoms with van der Waals surface area (Å²) in [6, 6.07) is 15.4. The van der Waals surface area contributed by atoms with Gasteiger partial charge in [-0.2, -0.15) is 15.0 Å². The van der Waals surface area contributed by atoms with Crippen LogP contribution in [0.4, 0.5) is 17.6 Å². The molecule has 0 aliphatic heterocycles. The molecule has 8 nitrogen and oxygen atoms in total. The molecule has 2 N–H and O–H groups in total. The topological polar surface area (TPSA) is 98.0 Å². The molecule has 0 aliphatic carbocycles. The Morgan fingerprint density at radius 2 is 1.79 bits per heavy atom. The van der Waals surface area contributed by atoms with Crippen molar-refractivity contribution in [3.63, 3.8) is 0 Å². The first-order valence-corrected chi connectivity index (χ1v) is 8.60. The zero-order chi connectivity index (χ0) is 19.3. The highest BCUT2D eigenvalue weighted by Gasteiger charge is 2.12. The van der Waals surface area contributed by atoms with Gasteiger partial charge in [0.05, 0.1) is 18.9 Å². The molecule has 4 rings (SSSR count). The van der Waals surface area contributed by atoms with E-state index >= 15 is 0 Å². The highest BCUT2D eigenvalue weighted by Crippen LogP contribution is 2.33. The molecule has 4 aromatic rings. The molecule has 0 saturated carbocycles. The van der Waals surface area contributed by atoms with E-state index in [1.54, 1.807) is 20.4 Å². The van der Waals surface area contributed by atoms with Crippen molar-refractivity contribution >= 4 is 17.6 Å². The molecular weight excluding hydrogens is 356 g/mol. The van der Waals surface area contributed by atoms with Gasteiger partial charge in [0, 0.05) is 24.4 Å². The quantitative estimate of drug-likeness (QED) is 0.523. The Kier molecular flexibility index (Phi) is 4.83. The van der Waals surface area contributed by atoms with E-state index in [4.69, 9.17) is 9.15 Å². The summed E-state index contributed by atoms with van der Waals surface area (Å²) in [5.74, 6) is 2.75. The van der Waals surface area contributed by atoms with E-state index in [0.717, 1.165) is 16.8 Å². The average Bonchev–Trinajstić information content (AvgIpc) is 3.28. The molecule has 0 aliphatic rings. The van der Waals surface area contributed by atoms with Crippen molar-refractivity contribution in [1.29, 1.82) is 0 Å². The normalized spacial score (nSPS) is 10.5. The number of anilines is 3. The number of aromatic nitrogens is 4. The van der Waals surface area contributed by atoms with E-state index in [1.165, 1.54) is 6.39 Å². The van der Waals surface area contributed by atoms with Crippen molar-refractivity contribution in [2.24, 2.45) is 0 Å². The van der Waals surface area contributed by atoms with Crippen molar-refractivity contribution < 1.29 is 9.15 Å². The number of benzene rings is 2. The summed E-state index contributed by atoms with van der Waals surface area (Å²) >= 11 is 0. The van der Waals surface area contributed by atoms with Gasteiger partial charge < -0.3 is 19.8 Å². The van der Waals surface area contributed by atoms with Gasteiger partial charge in [0.25, 0.3) is 0 Å². The highest BCUT2D eigenvalue weighted by molar-refractivity contribution is 5.71. The first-order chi connectivity index (χ1) is 13.8. The summed E-state index contributed by atoms with van der Waals surface area (Å²) < 4.78 is 10.9. The second-order valence-corrected chi connectivity index (χ2v) is 5.83. The van der Waals surface area contributed by atoms with Crippen molar-refractivity contribution in [3.8, 4) is 28.5 Å². The first-order valence-electron chi connectivity index (χ1n) is 8.60. The highest BCUT2D eigenvalue weighted by atomic mass is 16.5. The zero-order valence-corrected chi connectivity index (χ0v) is 15.4. The van der Waals surface area contributed by atoms with Gasteiger partial charge in [0.1, 0.15) is 5.75 Å². The molecule has 0 saturated heterocycles. The summed E-state index contributed by atoms with van der Waals surface area (Å²) in [6.45, 7) is 0. The molecule has 0 unspecified atom stereocenters. The lowest BCUT2D eigenvalue weighted by Crippen LogP contribution is -2.05. The number of hydrogen-bond donors (Lipinski definition) is 2. The van der Waals surface area contributed by atoms with Gasteiger partial charge in [0.2, 0.25) is 11.9 Å². The second-order valence-electron chi connectivity index (χ2n) is 5.83. The molecule has 2 heterocycles. The maximum atomic E-state index is 5.49. The van der Waals surface area contributed by atoms with Gasteiger partial charge in [-0.1, -0.05) is 30.3 Å². The van der Waals surface area contributed by atoms with Gasteiger partial charge in [-0.25, -0.2) is 4.98 Å². The Bertz CT molecular complexity index is 1070. The molecule has 8 heteroatoms. The number of hydrogen-bond acceptors (Lipinski definition) is 8. The molecule has 0 amide bonds. The van der Waals surface area contributed by atoms with E-state index in [-0.39, 0.29) is 0 Å². The van der Waals surface area contributed by atoms with Crippen LogP contribution in [0.15, 0.2) is 65.5 Å². The van der Waals surface area contributed by atoms with Crippen LogP contribution in [0.2, 0.25) is 0 Å². The molecule has 0 spiro atoms. The Morgan fingerprint density at radius 3 is 2.50 bits per heavy atom. The smallest absolute Gasteiger partial charge is 0.232 e. The molecule has 0 atom stereocenters.